The number of nitrogens with one attached hydrogen (secondary N) is 2. The Labute approximate surface area is 157 Å². The molecule has 0 saturated carbocycles. The zero-order chi connectivity index (χ0) is 19.2. The molecule has 140 valence electrons. The molecule has 1 atom stereocenters. The van der Waals surface area contributed by atoms with Crippen molar-refractivity contribution in [3.05, 3.63) is 65.9 Å². The van der Waals surface area contributed by atoms with Gasteiger partial charge in [-0.15, -0.1) is 0 Å². The molecule has 0 saturated heterocycles. The molecule has 3 rings (SSSR count). The summed E-state index contributed by atoms with van der Waals surface area (Å²) in [4.78, 5) is 12.8. The summed E-state index contributed by atoms with van der Waals surface area (Å²) in [5.41, 5.74) is 2.48. The van der Waals surface area contributed by atoms with Crippen LogP contribution in [0.2, 0.25) is 0 Å². The number of rotatable bonds is 7. The fourth-order valence-electron chi connectivity index (χ4n) is 2.83. The Morgan fingerprint density at radius 1 is 1.15 bits per heavy atom. The Hall–Kier alpha value is -3.32. The topological polar surface area (TPSA) is 96.5 Å². The van der Waals surface area contributed by atoms with Crippen molar-refractivity contribution < 1.29 is 19.4 Å². The van der Waals surface area contributed by atoms with Gasteiger partial charge in [0.15, 0.2) is 11.5 Å². The number of carbonyl (C=O) groups excluding carboxylic acids is 1. The van der Waals surface area contributed by atoms with Gasteiger partial charge in [-0.25, -0.2) is 0 Å². The highest BCUT2D eigenvalue weighted by atomic mass is 16.5. The maximum absolute atomic E-state index is 12.8. The van der Waals surface area contributed by atoms with Gasteiger partial charge in [-0.05, 0) is 23.8 Å². The molecular formula is C20H21N3O4. The lowest BCUT2D eigenvalue weighted by Gasteiger charge is -2.17. The van der Waals surface area contributed by atoms with Gasteiger partial charge >= 0.3 is 0 Å². The Morgan fingerprint density at radius 2 is 1.89 bits per heavy atom. The van der Waals surface area contributed by atoms with Crippen LogP contribution in [-0.2, 0) is 0 Å². The summed E-state index contributed by atoms with van der Waals surface area (Å²) in [5, 5.41) is 19.4. The first kappa shape index (κ1) is 18.5. The van der Waals surface area contributed by atoms with E-state index in [2.05, 4.69) is 15.5 Å². The third-order valence-corrected chi connectivity index (χ3v) is 4.25. The molecule has 0 aliphatic carbocycles. The van der Waals surface area contributed by atoms with Gasteiger partial charge in [-0.3, -0.25) is 9.89 Å². The quantitative estimate of drug-likeness (QED) is 0.596. The molecule has 1 heterocycles. The fourth-order valence-corrected chi connectivity index (χ4v) is 2.83. The van der Waals surface area contributed by atoms with Crippen LogP contribution in [0.3, 0.4) is 0 Å². The molecule has 0 spiro atoms. The predicted molar refractivity (Wildman–Crippen MR) is 101 cm³/mol. The third-order valence-electron chi connectivity index (χ3n) is 4.25. The smallest absolute Gasteiger partial charge is 0.255 e. The highest BCUT2D eigenvalue weighted by Crippen LogP contribution is 2.32. The SMILES string of the molecule is COc1ccc(-c2[nH]ncc2C(=O)NC(CO)c2ccccc2)cc1OC. The molecule has 3 aromatic rings. The van der Waals surface area contributed by atoms with Gasteiger partial charge in [-0.2, -0.15) is 5.10 Å². The minimum Gasteiger partial charge on any atom is -0.493 e. The van der Waals surface area contributed by atoms with E-state index in [1.807, 2.05) is 36.4 Å². The maximum Gasteiger partial charge on any atom is 0.255 e. The minimum atomic E-state index is -0.508. The van der Waals surface area contributed by atoms with Crippen LogP contribution in [0, 0.1) is 0 Å². The Morgan fingerprint density at radius 3 is 2.56 bits per heavy atom. The van der Waals surface area contributed by atoms with E-state index in [0.29, 0.717) is 22.8 Å². The second-order valence-electron chi connectivity index (χ2n) is 5.85. The number of aromatic amines is 1. The van der Waals surface area contributed by atoms with Crippen molar-refractivity contribution in [3.8, 4) is 22.8 Å². The number of nitrogens with zero attached hydrogens (tertiary/aromatic N) is 1. The molecule has 1 unspecified atom stereocenters. The van der Waals surface area contributed by atoms with Crippen LogP contribution >= 0.6 is 0 Å². The van der Waals surface area contributed by atoms with Crippen LogP contribution in [0.5, 0.6) is 11.5 Å². The average Bonchev–Trinajstić information content (AvgIpc) is 3.22. The zero-order valence-corrected chi connectivity index (χ0v) is 15.1. The first-order chi connectivity index (χ1) is 13.2. The van der Waals surface area contributed by atoms with Gasteiger partial charge < -0.3 is 19.9 Å². The van der Waals surface area contributed by atoms with Crippen molar-refractivity contribution >= 4 is 5.91 Å². The van der Waals surface area contributed by atoms with Crippen LogP contribution in [0.4, 0.5) is 0 Å². The normalized spacial score (nSPS) is 11.7. The molecule has 3 N–H and O–H groups in total. The molecular weight excluding hydrogens is 346 g/mol. The number of hydrogen-bond donors (Lipinski definition) is 3. The van der Waals surface area contributed by atoms with Crippen LogP contribution in [0.15, 0.2) is 54.7 Å². The van der Waals surface area contributed by atoms with Crippen LogP contribution in [0.25, 0.3) is 11.3 Å². The third kappa shape index (κ3) is 3.93. The number of carbonyl (C=O) groups is 1. The van der Waals surface area contributed by atoms with E-state index in [1.54, 1.807) is 26.4 Å². The van der Waals surface area contributed by atoms with Gasteiger partial charge in [0, 0.05) is 5.56 Å². The lowest BCUT2D eigenvalue weighted by molar-refractivity contribution is 0.0917. The summed E-state index contributed by atoms with van der Waals surface area (Å²) in [6.07, 6.45) is 1.46. The van der Waals surface area contributed by atoms with Crippen molar-refractivity contribution in [2.75, 3.05) is 20.8 Å². The Bertz CT molecular complexity index is 909. The standard InChI is InChI=1S/C20H21N3O4/c1-26-17-9-8-14(10-18(17)27-2)19-15(11-21-23-19)20(25)22-16(12-24)13-6-4-3-5-7-13/h3-11,16,24H,12H2,1-2H3,(H,21,23)(H,22,25). The number of aliphatic hydroxyl groups excluding tert-OH is 1. The monoisotopic (exact) mass is 367 g/mol. The molecule has 0 fully saturated rings. The largest absolute Gasteiger partial charge is 0.493 e. The minimum absolute atomic E-state index is 0.209. The molecule has 1 amide bonds. The number of benzene rings is 2. The highest BCUT2D eigenvalue weighted by molar-refractivity contribution is 6.00. The molecule has 0 aliphatic heterocycles. The summed E-state index contributed by atoms with van der Waals surface area (Å²) >= 11 is 0. The van der Waals surface area contributed by atoms with Gasteiger partial charge in [0.05, 0.1) is 44.3 Å². The van der Waals surface area contributed by atoms with Crippen LogP contribution in [0.1, 0.15) is 22.0 Å². The lowest BCUT2D eigenvalue weighted by atomic mass is 10.0. The molecule has 7 nitrogen and oxygen atoms in total. The molecule has 0 radical (unpaired) electrons. The predicted octanol–water partition coefficient (Wildman–Crippen LogP) is 2.56. The first-order valence-electron chi connectivity index (χ1n) is 8.40. The number of aliphatic hydroxyl groups is 1. The number of hydrogen-bond acceptors (Lipinski definition) is 5. The van der Waals surface area contributed by atoms with Gasteiger partial charge in [0.1, 0.15) is 0 Å². The van der Waals surface area contributed by atoms with Crippen LogP contribution in [-0.4, -0.2) is 42.0 Å². The second-order valence-corrected chi connectivity index (χ2v) is 5.85. The molecule has 0 bridgehead atoms. The molecule has 27 heavy (non-hydrogen) atoms. The summed E-state index contributed by atoms with van der Waals surface area (Å²) in [6, 6.07) is 14.1. The summed E-state index contributed by atoms with van der Waals surface area (Å²) in [5.74, 6) is 0.807. The maximum atomic E-state index is 12.8. The number of methoxy groups -OCH3 is 2. The van der Waals surface area contributed by atoms with E-state index in [0.717, 1.165) is 11.1 Å². The highest BCUT2D eigenvalue weighted by Gasteiger charge is 2.20. The van der Waals surface area contributed by atoms with E-state index in [4.69, 9.17) is 9.47 Å². The number of H-pyrrole nitrogens is 1. The van der Waals surface area contributed by atoms with Gasteiger partial charge in [0.2, 0.25) is 0 Å². The molecule has 0 aliphatic rings. The van der Waals surface area contributed by atoms with E-state index < -0.39 is 6.04 Å². The van der Waals surface area contributed by atoms with Gasteiger partial charge in [0.25, 0.3) is 5.91 Å². The molecule has 1 aromatic heterocycles. The van der Waals surface area contributed by atoms with E-state index >= 15 is 0 Å². The molecule has 2 aromatic carbocycles. The van der Waals surface area contributed by atoms with E-state index in [-0.39, 0.29) is 12.5 Å². The van der Waals surface area contributed by atoms with E-state index in [9.17, 15) is 9.90 Å². The lowest BCUT2D eigenvalue weighted by Crippen LogP contribution is -2.30. The zero-order valence-electron chi connectivity index (χ0n) is 15.1. The summed E-state index contributed by atoms with van der Waals surface area (Å²) in [7, 11) is 3.11. The van der Waals surface area contributed by atoms with Crippen molar-refractivity contribution in [1.29, 1.82) is 0 Å². The van der Waals surface area contributed by atoms with Crippen molar-refractivity contribution in [2.45, 2.75) is 6.04 Å². The number of ether oxygens (including phenoxy) is 2. The fraction of sp³-hybridized carbons (Fsp3) is 0.200. The Kier molecular flexibility index (Phi) is 5.73. The number of amides is 1. The Balaban J connectivity index is 1.87. The average molecular weight is 367 g/mol. The first-order valence-corrected chi connectivity index (χ1v) is 8.40. The second kappa shape index (κ2) is 8.37. The van der Waals surface area contributed by atoms with Crippen LogP contribution < -0.4 is 14.8 Å². The molecule has 7 heteroatoms. The summed E-state index contributed by atoms with van der Waals surface area (Å²) in [6.45, 7) is -0.209. The van der Waals surface area contributed by atoms with Gasteiger partial charge in [-0.1, -0.05) is 30.3 Å². The van der Waals surface area contributed by atoms with Crippen molar-refractivity contribution in [2.24, 2.45) is 0 Å². The summed E-state index contributed by atoms with van der Waals surface area (Å²) < 4.78 is 10.6. The van der Waals surface area contributed by atoms with Crippen molar-refractivity contribution in [1.82, 2.24) is 15.5 Å². The van der Waals surface area contributed by atoms with E-state index in [1.165, 1.54) is 6.20 Å². The van der Waals surface area contributed by atoms with Crippen molar-refractivity contribution in [3.63, 3.8) is 0 Å². The number of aromatic nitrogens is 2.